The number of amides is 1. The van der Waals surface area contributed by atoms with Crippen molar-refractivity contribution >= 4 is 66.5 Å². The Bertz CT molecular complexity index is 917. The number of hydrogen-bond acceptors (Lipinski definition) is 6. The predicted octanol–water partition coefficient (Wildman–Crippen LogP) is 1.66. The van der Waals surface area contributed by atoms with Gasteiger partial charge in [-0.1, -0.05) is 0 Å². The van der Waals surface area contributed by atoms with Gasteiger partial charge in [-0.3, -0.25) is 4.79 Å². The number of halogens is 2. The molecule has 0 aromatic carbocycles. The van der Waals surface area contributed by atoms with E-state index in [1.165, 1.54) is 0 Å². The molecule has 1 fully saturated rings. The molecule has 26 heavy (non-hydrogen) atoms. The van der Waals surface area contributed by atoms with Crippen LogP contribution in [-0.2, 0) is 14.6 Å². The molecule has 1 atom stereocenters. The summed E-state index contributed by atoms with van der Waals surface area (Å²) in [7, 11) is -3.40. The Kier molecular flexibility index (Phi) is 6.54. The molecule has 0 aliphatic carbocycles. The molecule has 4 N–H and O–H groups in total. The summed E-state index contributed by atoms with van der Waals surface area (Å²) in [6.07, 6.45) is 6.32. The Labute approximate surface area is 166 Å². The zero-order valence-electron chi connectivity index (χ0n) is 14.2. The van der Waals surface area contributed by atoms with Gasteiger partial charge < -0.3 is 20.9 Å². The van der Waals surface area contributed by atoms with Crippen LogP contribution in [0.5, 0.6) is 0 Å². The lowest BCUT2D eigenvalue weighted by Gasteiger charge is -2.33. The first-order valence-electron chi connectivity index (χ1n) is 7.88. The van der Waals surface area contributed by atoms with E-state index in [9.17, 15) is 13.2 Å². The van der Waals surface area contributed by atoms with Crippen LogP contribution in [0.1, 0.15) is 12.8 Å². The van der Waals surface area contributed by atoms with Crippen LogP contribution >= 0.6 is 28.3 Å². The third-order valence-electron chi connectivity index (χ3n) is 4.07. The van der Waals surface area contributed by atoms with Gasteiger partial charge in [-0.15, -0.1) is 12.4 Å². The van der Waals surface area contributed by atoms with Crippen molar-refractivity contribution in [3.05, 3.63) is 16.9 Å². The molecule has 0 saturated carbocycles. The molecule has 0 spiro atoms. The summed E-state index contributed by atoms with van der Waals surface area (Å²) in [5.41, 5.74) is 8.13. The molecule has 0 radical (unpaired) electrons. The quantitative estimate of drug-likeness (QED) is 0.630. The molecule has 1 aliphatic rings. The number of rotatable bonds is 4. The molecule has 3 heterocycles. The molecule has 2 aromatic heterocycles. The number of pyridine rings is 1. The Balaban J connectivity index is 0.00000243. The van der Waals surface area contributed by atoms with Crippen LogP contribution in [0, 0.1) is 0 Å². The summed E-state index contributed by atoms with van der Waals surface area (Å²) in [6.45, 7) is 1.56. The number of piperidine rings is 1. The average Bonchev–Trinajstić information content (AvgIpc) is 2.88. The number of H-pyrrole nitrogens is 1. The first-order valence-corrected chi connectivity index (χ1v) is 10.7. The van der Waals surface area contributed by atoms with Crippen molar-refractivity contribution in [1.29, 1.82) is 0 Å². The summed E-state index contributed by atoms with van der Waals surface area (Å²) < 4.78 is 23.5. The van der Waals surface area contributed by atoms with Gasteiger partial charge in [0.2, 0.25) is 5.91 Å². The normalized spacial score (nSPS) is 17.8. The van der Waals surface area contributed by atoms with Crippen molar-refractivity contribution in [2.75, 3.05) is 35.3 Å². The van der Waals surface area contributed by atoms with E-state index in [1.807, 2.05) is 0 Å². The van der Waals surface area contributed by atoms with Gasteiger partial charge in [0.1, 0.15) is 11.4 Å². The van der Waals surface area contributed by atoms with E-state index in [4.69, 9.17) is 5.73 Å². The van der Waals surface area contributed by atoms with Gasteiger partial charge in [0.05, 0.1) is 21.2 Å². The maximum Gasteiger partial charge on any atom is 0.239 e. The number of nitrogens with two attached hydrogens (primary N) is 1. The van der Waals surface area contributed by atoms with Crippen LogP contribution in [0.4, 0.5) is 11.4 Å². The fraction of sp³-hybridized carbons (Fsp3) is 0.467. The number of carbonyl (C=O) groups excluding carboxylic acids is 1. The molecule has 0 bridgehead atoms. The molecular formula is C15H21BrClN5O3S. The highest BCUT2D eigenvalue weighted by molar-refractivity contribution is 9.10. The highest BCUT2D eigenvalue weighted by Gasteiger charge is 2.24. The Hall–Kier alpha value is -1.36. The van der Waals surface area contributed by atoms with E-state index >= 15 is 0 Å². The van der Waals surface area contributed by atoms with Crippen molar-refractivity contribution in [3.8, 4) is 0 Å². The van der Waals surface area contributed by atoms with Crippen molar-refractivity contribution in [2.45, 2.75) is 18.9 Å². The monoisotopic (exact) mass is 465 g/mol. The highest BCUT2D eigenvalue weighted by Crippen LogP contribution is 2.38. The molecular weight excluding hydrogens is 446 g/mol. The maximum absolute atomic E-state index is 12.0. The van der Waals surface area contributed by atoms with E-state index in [-0.39, 0.29) is 18.4 Å². The van der Waals surface area contributed by atoms with Crippen LogP contribution in [0.15, 0.2) is 16.9 Å². The smallest absolute Gasteiger partial charge is 0.239 e. The third kappa shape index (κ3) is 4.67. The van der Waals surface area contributed by atoms with E-state index in [0.717, 1.165) is 41.2 Å². The van der Waals surface area contributed by atoms with Crippen molar-refractivity contribution in [1.82, 2.24) is 9.97 Å². The molecule has 3 rings (SSSR count). The summed E-state index contributed by atoms with van der Waals surface area (Å²) >= 11 is 3.54. The predicted molar refractivity (Wildman–Crippen MR) is 109 cm³/mol. The topological polar surface area (TPSA) is 121 Å². The lowest BCUT2D eigenvalue weighted by atomic mass is 10.1. The zero-order valence-corrected chi connectivity index (χ0v) is 17.4. The molecule has 1 aliphatic heterocycles. The first kappa shape index (κ1) is 20.9. The lowest BCUT2D eigenvalue weighted by Crippen LogP contribution is -2.43. The minimum absolute atomic E-state index is 0. The number of nitrogens with zero attached hydrogens (tertiary/aromatic N) is 2. The summed E-state index contributed by atoms with van der Waals surface area (Å²) in [4.78, 5) is 21.5. The van der Waals surface area contributed by atoms with Crippen LogP contribution in [-0.4, -0.2) is 55.4 Å². The van der Waals surface area contributed by atoms with Crippen LogP contribution in [0.2, 0.25) is 0 Å². The maximum atomic E-state index is 12.0. The van der Waals surface area contributed by atoms with Crippen LogP contribution < -0.4 is 16.0 Å². The van der Waals surface area contributed by atoms with Gasteiger partial charge in [-0.25, -0.2) is 13.4 Å². The minimum Gasteiger partial charge on any atom is -0.368 e. The van der Waals surface area contributed by atoms with Gasteiger partial charge in [0.25, 0.3) is 0 Å². The van der Waals surface area contributed by atoms with Crippen LogP contribution in [0.3, 0.4) is 0 Å². The second kappa shape index (κ2) is 8.12. The molecule has 11 heteroatoms. The van der Waals surface area contributed by atoms with E-state index in [1.54, 1.807) is 12.4 Å². The Morgan fingerprint density at radius 2 is 2.27 bits per heavy atom. The highest BCUT2D eigenvalue weighted by atomic mass is 79.9. The van der Waals surface area contributed by atoms with Gasteiger partial charge in [0.15, 0.2) is 9.84 Å². The standard InChI is InChI=1S/C15H20BrN5O3S.ClH/c1-25(23,24)8-12(22)20-11-6-19-15-13(11)14(10(16)5-18-15)21-4-2-3-9(17)7-21;/h5-6,9H,2-4,7-8,17H2,1H3,(H,18,19)(H,20,22);1H. The molecule has 1 unspecified atom stereocenters. The summed E-state index contributed by atoms with van der Waals surface area (Å²) in [5, 5.41) is 3.41. The molecule has 8 nitrogen and oxygen atoms in total. The number of nitrogens with one attached hydrogen (secondary N) is 2. The van der Waals surface area contributed by atoms with E-state index in [0.29, 0.717) is 17.9 Å². The van der Waals surface area contributed by atoms with Gasteiger partial charge in [-0.05, 0) is 28.8 Å². The second-order valence-electron chi connectivity index (χ2n) is 6.35. The molecule has 1 saturated heterocycles. The number of aromatic nitrogens is 2. The Morgan fingerprint density at radius 3 is 2.92 bits per heavy atom. The average molecular weight is 467 g/mol. The number of hydrogen-bond donors (Lipinski definition) is 3. The third-order valence-corrected chi connectivity index (χ3v) is 5.44. The first-order chi connectivity index (χ1) is 11.7. The number of aromatic amines is 1. The Morgan fingerprint density at radius 1 is 1.54 bits per heavy atom. The number of fused-ring (bicyclic) bond motifs is 1. The fourth-order valence-corrected chi connectivity index (χ4v) is 4.20. The van der Waals surface area contributed by atoms with E-state index in [2.05, 4.69) is 36.1 Å². The second-order valence-corrected chi connectivity index (χ2v) is 9.34. The largest absolute Gasteiger partial charge is 0.368 e. The van der Waals surface area contributed by atoms with Crippen LogP contribution in [0.25, 0.3) is 11.0 Å². The SMILES string of the molecule is CS(=O)(=O)CC(=O)Nc1c[nH]c2ncc(Br)c(N3CCCC(N)C3)c12.Cl. The van der Waals surface area contributed by atoms with Crippen molar-refractivity contribution < 1.29 is 13.2 Å². The van der Waals surface area contributed by atoms with Crippen molar-refractivity contribution in [3.63, 3.8) is 0 Å². The van der Waals surface area contributed by atoms with Gasteiger partial charge in [-0.2, -0.15) is 0 Å². The molecule has 144 valence electrons. The summed E-state index contributed by atoms with van der Waals surface area (Å²) in [6, 6.07) is 0.0890. The van der Waals surface area contributed by atoms with Gasteiger partial charge >= 0.3 is 0 Å². The molecule has 1 amide bonds. The van der Waals surface area contributed by atoms with E-state index < -0.39 is 21.5 Å². The number of carbonyl (C=O) groups is 1. The summed E-state index contributed by atoms with van der Waals surface area (Å²) in [5.74, 6) is -1.14. The van der Waals surface area contributed by atoms with Gasteiger partial charge in [0, 0.05) is 37.8 Å². The minimum atomic E-state index is -3.40. The lowest BCUT2D eigenvalue weighted by molar-refractivity contribution is -0.113. The molecule has 2 aromatic rings. The number of sulfone groups is 1. The van der Waals surface area contributed by atoms with Crippen molar-refractivity contribution in [2.24, 2.45) is 5.73 Å². The fourth-order valence-electron chi connectivity index (χ4n) is 3.10. The zero-order chi connectivity index (χ0) is 18.2. The number of anilines is 2.